The van der Waals surface area contributed by atoms with Gasteiger partial charge in [0.25, 0.3) is 0 Å². The third-order valence-electron chi connectivity index (χ3n) is 7.58. The van der Waals surface area contributed by atoms with E-state index >= 15 is 0 Å². The summed E-state index contributed by atoms with van der Waals surface area (Å²) in [7, 11) is 0. The summed E-state index contributed by atoms with van der Waals surface area (Å²) in [6.45, 7) is 3.87. The predicted molar refractivity (Wildman–Crippen MR) is 178 cm³/mol. The third kappa shape index (κ3) is 7.36. The van der Waals surface area contributed by atoms with Crippen LogP contribution < -0.4 is 28.9 Å². The van der Waals surface area contributed by atoms with Gasteiger partial charge in [-0.2, -0.15) is 0 Å². The SMILES string of the molecule is c1cnc(N2COc3ncccc3C2)nc1.c1cnc2c(c1)CN(c1ccncc1)CO2.c1cncc(N2COc3ncccc3C2)c1. The number of fused-ring (bicyclic) bond motifs is 3. The molecule has 6 aromatic rings. The van der Waals surface area contributed by atoms with E-state index in [2.05, 4.69) is 44.7 Å². The maximum Gasteiger partial charge on any atom is 0.228 e. The minimum Gasteiger partial charge on any atom is -0.456 e. The Bertz CT molecular complexity index is 1680. The third-order valence-corrected chi connectivity index (χ3v) is 7.58. The Balaban J connectivity index is 0.000000114. The van der Waals surface area contributed by atoms with Crippen molar-refractivity contribution in [1.29, 1.82) is 0 Å². The highest BCUT2D eigenvalue weighted by atomic mass is 16.5. The number of pyridine rings is 5. The first-order valence-corrected chi connectivity index (χ1v) is 15.3. The number of hydrogen-bond donors (Lipinski definition) is 0. The summed E-state index contributed by atoms with van der Waals surface area (Å²) in [5.74, 6) is 2.86. The van der Waals surface area contributed by atoms with Crippen LogP contribution in [0.1, 0.15) is 16.7 Å². The topological polar surface area (TPSA) is 128 Å². The first kappa shape index (κ1) is 30.3. The molecule has 13 heteroatoms. The molecule has 13 nitrogen and oxygen atoms in total. The number of anilines is 3. The molecule has 48 heavy (non-hydrogen) atoms. The maximum atomic E-state index is 5.58. The molecule has 0 radical (unpaired) electrons. The largest absolute Gasteiger partial charge is 0.456 e. The van der Waals surface area contributed by atoms with Crippen molar-refractivity contribution < 1.29 is 14.2 Å². The summed E-state index contributed by atoms with van der Waals surface area (Å²) < 4.78 is 16.7. The predicted octanol–water partition coefficient (Wildman–Crippen LogP) is 4.89. The quantitative estimate of drug-likeness (QED) is 0.261. The van der Waals surface area contributed by atoms with Crippen molar-refractivity contribution in [3.05, 3.63) is 139 Å². The molecule has 0 saturated heterocycles. The Kier molecular flexibility index (Phi) is 9.35. The lowest BCUT2D eigenvalue weighted by Crippen LogP contribution is -2.33. The molecule has 240 valence electrons. The summed E-state index contributed by atoms with van der Waals surface area (Å²) in [6.07, 6.45) is 15.9. The van der Waals surface area contributed by atoms with Crippen LogP contribution in [0.15, 0.2) is 123 Å². The molecule has 9 heterocycles. The molecular weight excluding hydrogens is 608 g/mol. The molecule has 0 fully saturated rings. The molecular formula is C35H32N10O3. The second-order valence-corrected chi connectivity index (χ2v) is 10.8. The van der Waals surface area contributed by atoms with E-state index in [0.717, 1.165) is 59.5 Å². The number of rotatable bonds is 3. The van der Waals surface area contributed by atoms with Gasteiger partial charge in [-0.25, -0.2) is 24.9 Å². The van der Waals surface area contributed by atoms with Gasteiger partial charge < -0.3 is 28.9 Å². The maximum absolute atomic E-state index is 5.58. The monoisotopic (exact) mass is 640 g/mol. The number of aromatic nitrogens is 7. The van der Waals surface area contributed by atoms with Crippen LogP contribution in [0.3, 0.4) is 0 Å². The van der Waals surface area contributed by atoms with Gasteiger partial charge in [0.05, 0.1) is 31.5 Å². The fourth-order valence-electron chi connectivity index (χ4n) is 5.20. The molecule has 0 amide bonds. The van der Waals surface area contributed by atoms with Gasteiger partial charge in [0.1, 0.15) is 0 Å². The van der Waals surface area contributed by atoms with Crippen LogP contribution in [0.4, 0.5) is 17.3 Å². The first-order valence-electron chi connectivity index (χ1n) is 15.3. The van der Waals surface area contributed by atoms with Crippen molar-refractivity contribution in [3.63, 3.8) is 0 Å². The molecule has 0 aromatic carbocycles. The second-order valence-electron chi connectivity index (χ2n) is 10.8. The van der Waals surface area contributed by atoms with Gasteiger partial charge in [0, 0.05) is 72.0 Å². The van der Waals surface area contributed by atoms with Crippen molar-refractivity contribution in [2.75, 3.05) is 34.9 Å². The number of hydrogen-bond acceptors (Lipinski definition) is 13. The second kappa shape index (κ2) is 14.8. The Morgan fingerprint density at radius 1 is 0.417 bits per heavy atom. The molecule has 3 aliphatic heterocycles. The summed E-state index contributed by atoms with van der Waals surface area (Å²) in [5, 5.41) is 0. The van der Waals surface area contributed by atoms with E-state index < -0.39 is 0 Å². The summed E-state index contributed by atoms with van der Waals surface area (Å²) in [6, 6.07) is 21.5. The lowest BCUT2D eigenvalue weighted by molar-refractivity contribution is 0.275. The molecule has 0 N–H and O–H groups in total. The van der Waals surface area contributed by atoms with Crippen LogP contribution in [-0.2, 0) is 19.6 Å². The van der Waals surface area contributed by atoms with E-state index in [4.69, 9.17) is 14.2 Å². The fourth-order valence-corrected chi connectivity index (χ4v) is 5.20. The molecule has 6 aromatic heterocycles. The zero-order chi connectivity index (χ0) is 32.4. The lowest BCUT2D eigenvalue weighted by Gasteiger charge is -2.29. The molecule has 0 aliphatic carbocycles. The Morgan fingerprint density at radius 3 is 1.44 bits per heavy atom. The zero-order valence-corrected chi connectivity index (χ0v) is 26.0. The van der Waals surface area contributed by atoms with Gasteiger partial charge in [-0.1, -0.05) is 18.2 Å². The van der Waals surface area contributed by atoms with E-state index in [1.165, 1.54) is 0 Å². The summed E-state index contributed by atoms with van der Waals surface area (Å²) >= 11 is 0. The number of ether oxygens (including phenoxy) is 3. The molecule has 0 saturated carbocycles. The molecule has 0 atom stereocenters. The van der Waals surface area contributed by atoms with Gasteiger partial charge in [-0.15, -0.1) is 0 Å². The normalized spacial score (nSPS) is 14.1. The van der Waals surface area contributed by atoms with Crippen LogP contribution in [0.5, 0.6) is 17.6 Å². The number of nitrogens with zero attached hydrogens (tertiary/aromatic N) is 10. The highest BCUT2D eigenvalue weighted by Gasteiger charge is 2.20. The van der Waals surface area contributed by atoms with Crippen LogP contribution in [0.2, 0.25) is 0 Å². The highest BCUT2D eigenvalue weighted by Crippen LogP contribution is 2.27. The zero-order valence-electron chi connectivity index (χ0n) is 26.0. The Labute approximate surface area is 277 Å². The highest BCUT2D eigenvalue weighted by molar-refractivity contribution is 5.48. The first-order chi connectivity index (χ1) is 23.8. The summed E-state index contributed by atoms with van der Waals surface area (Å²) in [4.78, 5) is 35.2. The van der Waals surface area contributed by atoms with E-state index in [-0.39, 0.29) is 0 Å². The standard InChI is InChI=1S/2C12H11N3O.C11H10N4O/c1-3-10-8-15(9-16-12(10)14-6-1)11-4-2-5-13-7-11;1-2-10-8-15(9-16-12(10)14-5-1)11-3-6-13-7-4-11;1-3-9-7-15(8-16-10(9)12-4-1)11-13-5-2-6-14-11/h2*1-7H,8-9H2;1-6H,7-8H2. The van der Waals surface area contributed by atoms with Crippen LogP contribution in [0.25, 0.3) is 0 Å². The van der Waals surface area contributed by atoms with E-state index in [0.29, 0.717) is 32.0 Å². The molecule has 0 bridgehead atoms. The lowest BCUT2D eigenvalue weighted by atomic mass is 10.2. The molecule has 0 spiro atoms. The van der Waals surface area contributed by atoms with E-state index in [1.807, 2.05) is 71.8 Å². The fraction of sp³-hybridized carbons (Fsp3) is 0.171. The average Bonchev–Trinajstić information content (AvgIpc) is 3.19. The molecule has 3 aliphatic rings. The van der Waals surface area contributed by atoms with Crippen molar-refractivity contribution in [1.82, 2.24) is 34.9 Å². The Morgan fingerprint density at radius 2 is 0.896 bits per heavy atom. The van der Waals surface area contributed by atoms with Gasteiger partial charge in [-0.3, -0.25) is 9.97 Å². The molecule has 0 unspecified atom stereocenters. The smallest absolute Gasteiger partial charge is 0.228 e. The van der Waals surface area contributed by atoms with Crippen LogP contribution in [-0.4, -0.2) is 55.1 Å². The minimum absolute atomic E-state index is 0.439. The minimum atomic E-state index is 0.439. The van der Waals surface area contributed by atoms with Gasteiger partial charge in [0.15, 0.2) is 20.2 Å². The van der Waals surface area contributed by atoms with Crippen molar-refractivity contribution in [2.45, 2.75) is 19.6 Å². The van der Waals surface area contributed by atoms with E-state index in [1.54, 1.807) is 55.6 Å². The van der Waals surface area contributed by atoms with E-state index in [9.17, 15) is 0 Å². The van der Waals surface area contributed by atoms with Crippen molar-refractivity contribution in [3.8, 4) is 17.6 Å². The van der Waals surface area contributed by atoms with Crippen LogP contribution in [0, 0.1) is 0 Å². The van der Waals surface area contributed by atoms with Crippen molar-refractivity contribution >= 4 is 17.3 Å². The summed E-state index contributed by atoms with van der Waals surface area (Å²) in [5.41, 5.74) is 5.46. The van der Waals surface area contributed by atoms with Gasteiger partial charge in [0.2, 0.25) is 23.6 Å². The average molecular weight is 641 g/mol. The molecule has 9 rings (SSSR count). The van der Waals surface area contributed by atoms with Crippen LogP contribution >= 0.6 is 0 Å². The Hall–Kier alpha value is -6.37. The van der Waals surface area contributed by atoms with Crippen molar-refractivity contribution in [2.24, 2.45) is 0 Å². The van der Waals surface area contributed by atoms with Gasteiger partial charge in [-0.05, 0) is 48.5 Å². The van der Waals surface area contributed by atoms with Gasteiger partial charge >= 0.3 is 0 Å².